The topological polar surface area (TPSA) is 118 Å². The second-order valence-corrected chi connectivity index (χ2v) is 7.08. The first-order valence-corrected chi connectivity index (χ1v) is 9.73. The van der Waals surface area contributed by atoms with Gasteiger partial charge in [0.05, 0.1) is 30.6 Å². The third-order valence-electron chi connectivity index (χ3n) is 3.93. The van der Waals surface area contributed by atoms with Gasteiger partial charge in [0.15, 0.2) is 0 Å². The molecule has 1 atom stereocenters. The molecule has 0 amide bonds. The molecule has 0 spiro atoms. The monoisotopic (exact) mass is 409 g/mol. The Hall–Kier alpha value is -2.10. The molecule has 0 bridgehead atoms. The van der Waals surface area contributed by atoms with Crippen LogP contribution in [0.3, 0.4) is 0 Å². The second kappa shape index (κ2) is 13.1. The van der Waals surface area contributed by atoms with Gasteiger partial charge in [-0.2, -0.15) is 0 Å². The van der Waals surface area contributed by atoms with Crippen LogP contribution in [0.5, 0.6) is 0 Å². The van der Waals surface area contributed by atoms with Gasteiger partial charge in [0.25, 0.3) is 0 Å². The van der Waals surface area contributed by atoms with Gasteiger partial charge in [-0.3, -0.25) is 14.5 Å². The number of carboxylic acid groups (broad SMARTS) is 1. The number of carboxylic acids is 1. The highest BCUT2D eigenvalue weighted by molar-refractivity contribution is 7.14. The molecule has 1 aromatic heterocycles. The zero-order valence-electron chi connectivity index (χ0n) is 15.8. The van der Waals surface area contributed by atoms with Gasteiger partial charge < -0.3 is 20.4 Å². The Balaban J connectivity index is 0.000000336. The maximum atomic E-state index is 12.1. The molecule has 2 aromatic rings. The van der Waals surface area contributed by atoms with Crippen molar-refractivity contribution in [3.05, 3.63) is 57.8 Å². The highest BCUT2D eigenvalue weighted by Gasteiger charge is 2.18. The number of rotatable bonds is 10. The van der Waals surface area contributed by atoms with E-state index in [-0.39, 0.29) is 25.6 Å². The predicted molar refractivity (Wildman–Crippen MR) is 108 cm³/mol. The Morgan fingerprint density at radius 3 is 1.93 bits per heavy atom. The molecule has 0 aliphatic heterocycles. The zero-order valence-corrected chi connectivity index (χ0v) is 16.6. The minimum atomic E-state index is -0.879. The first kappa shape index (κ1) is 23.9. The molecule has 0 saturated carbocycles. The first-order chi connectivity index (χ1) is 13.4. The van der Waals surface area contributed by atoms with Crippen LogP contribution in [0.15, 0.2) is 42.5 Å². The smallest absolute Gasteiger partial charge is 0.311 e. The van der Waals surface area contributed by atoms with Crippen molar-refractivity contribution in [3.63, 3.8) is 0 Å². The fourth-order valence-electron chi connectivity index (χ4n) is 2.32. The van der Waals surface area contributed by atoms with Crippen LogP contribution in [0.4, 0.5) is 0 Å². The normalized spacial score (nSPS) is 11.6. The van der Waals surface area contributed by atoms with E-state index in [4.69, 9.17) is 20.4 Å². The van der Waals surface area contributed by atoms with Gasteiger partial charge >= 0.3 is 5.97 Å². The maximum absolute atomic E-state index is 12.1. The van der Waals surface area contributed by atoms with Gasteiger partial charge in [-0.05, 0) is 19.1 Å². The molecule has 0 saturated heterocycles. The lowest BCUT2D eigenvalue weighted by Gasteiger charge is -2.17. The summed E-state index contributed by atoms with van der Waals surface area (Å²) in [5, 5.41) is 34.4. The Morgan fingerprint density at radius 1 is 0.929 bits per heavy atom. The van der Waals surface area contributed by atoms with Gasteiger partial charge in [0.1, 0.15) is 0 Å². The van der Waals surface area contributed by atoms with Gasteiger partial charge in [-0.1, -0.05) is 30.3 Å². The van der Waals surface area contributed by atoms with E-state index in [1.54, 1.807) is 36.1 Å². The van der Waals surface area contributed by atoms with Crippen LogP contribution >= 0.6 is 11.3 Å². The number of thiophene rings is 1. The Kier molecular flexibility index (Phi) is 11.2. The molecule has 4 N–H and O–H groups in total. The summed E-state index contributed by atoms with van der Waals surface area (Å²) in [5.74, 6) is -1.52. The standard InChI is InChI=1S/C14H12O3S.C6H15NO3/c1-9(14(16)17)11-7-8-12(18-11)13(15)10-5-3-2-4-6-10;8-4-1-7(2-5-9)3-6-10/h2-9H,1H3,(H,16,17);8-10H,1-6H2. The summed E-state index contributed by atoms with van der Waals surface area (Å²) in [6.45, 7) is 3.37. The maximum Gasteiger partial charge on any atom is 0.311 e. The van der Waals surface area contributed by atoms with Crippen LogP contribution in [0.1, 0.15) is 33.0 Å². The molecule has 2 rings (SSSR count). The van der Waals surface area contributed by atoms with Crippen molar-refractivity contribution in [2.24, 2.45) is 0 Å². The number of ketones is 1. The molecule has 0 radical (unpaired) electrons. The van der Waals surface area contributed by atoms with Crippen molar-refractivity contribution in [1.29, 1.82) is 0 Å². The molecular formula is C20H27NO6S. The van der Waals surface area contributed by atoms with Crippen molar-refractivity contribution < 1.29 is 30.0 Å². The van der Waals surface area contributed by atoms with Crippen LogP contribution in [0, 0.1) is 0 Å². The summed E-state index contributed by atoms with van der Waals surface area (Å²) >= 11 is 1.24. The second-order valence-electron chi connectivity index (χ2n) is 5.97. The van der Waals surface area contributed by atoms with E-state index >= 15 is 0 Å². The summed E-state index contributed by atoms with van der Waals surface area (Å²) in [6.07, 6.45) is 0. The van der Waals surface area contributed by atoms with Gasteiger partial charge in [0.2, 0.25) is 5.78 Å². The third kappa shape index (κ3) is 7.87. The number of aliphatic hydroxyl groups excluding tert-OH is 3. The van der Waals surface area contributed by atoms with E-state index in [9.17, 15) is 9.59 Å². The number of hydrogen-bond donors (Lipinski definition) is 4. The van der Waals surface area contributed by atoms with Gasteiger partial charge in [0, 0.05) is 30.1 Å². The molecule has 1 heterocycles. The zero-order chi connectivity index (χ0) is 20.9. The molecule has 0 fully saturated rings. The van der Waals surface area contributed by atoms with Crippen molar-refractivity contribution >= 4 is 23.1 Å². The van der Waals surface area contributed by atoms with E-state index in [1.165, 1.54) is 11.3 Å². The van der Waals surface area contributed by atoms with E-state index in [0.717, 1.165) is 0 Å². The molecule has 8 heteroatoms. The molecule has 0 aliphatic rings. The average molecular weight is 410 g/mol. The van der Waals surface area contributed by atoms with Gasteiger partial charge in [-0.25, -0.2) is 0 Å². The van der Waals surface area contributed by atoms with E-state index in [2.05, 4.69) is 0 Å². The van der Waals surface area contributed by atoms with E-state index < -0.39 is 11.9 Å². The van der Waals surface area contributed by atoms with Crippen LogP contribution in [0.25, 0.3) is 0 Å². The van der Waals surface area contributed by atoms with Crippen molar-refractivity contribution in [2.75, 3.05) is 39.5 Å². The number of aliphatic hydroxyl groups is 3. The Bertz CT molecular complexity index is 704. The largest absolute Gasteiger partial charge is 0.481 e. The Morgan fingerprint density at radius 2 is 1.46 bits per heavy atom. The number of carbonyl (C=O) groups is 2. The minimum Gasteiger partial charge on any atom is -0.481 e. The molecule has 7 nitrogen and oxygen atoms in total. The lowest BCUT2D eigenvalue weighted by molar-refractivity contribution is -0.138. The fourth-order valence-corrected chi connectivity index (χ4v) is 3.33. The number of hydrogen-bond acceptors (Lipinski definition) is 7. The van der Waals surface area contributed by atoms with Crippen LogP contribution in [-0.4, -0.2) is 76.5 Å². The summed E-state index contributed by atoms with van der Waals surface area (Å²) in [4.78, 5) is 26.0. The molecule has 1 aromatic carbocycles. The van der Waals surface area contributed by atoms with Crippen molar-refractivity contribution in [3.8, 4) is 0 Å². The molecular weight excluding hydrogens is 382 g/mol. The number of carbonyl (C=O) groups excluding carboxylic acids is 1. The highest BCUT2D eigenvalue weighted by atomic mass is 32.1. The molecule has 28 heavy (non-hydrogen) atoms. The van der Waals surface area contributed by atoms with Gasteiger partial charge in [-0.15, -0.1) is 11.3 Å². The summed E-state index contributed by atoms with van der Waals surface area (Å²) in [6, 6.07) is 12.4. The number of benzene rings is 1. The average Bonchev–Trinajstić information content (AvgIpc) is 3.18. The summed E-state index contributed by atoms with van der Waals surface area (Å²) in [7, 11) is 0. The Labute approximate surface area is 168 Å². The SMILES string of the molecule is CC(C(=O)O)c1ccc(C(=O)c2ccccc2)s1.OCCN(CCO)CCO. The van der Waals surface area contributed by atoms with Crippen LogP contribution in [0.2, 0.25) is 0 Å². The van der Waals surface area contributed by atoms with Crippen LogP contribution in [-0.2, 0) is 4.79 Å². The van der Waals surface area contributed by atoms with Crippen molar-refractivity contribution in [2.45, 2.75) is 12.8 Å². The lowest BCUT2D eigenvalue weighted by Crippen LogP contribution is -2.32. The highest BCUT2D eigenvalue weighted by Crippen LogP contribution is 2.26. The first-order valence-electron chi connectivity index (χ1n) is 8.91. The lowest BCUT2D eigenvalue weighted by atomic mass is 10.1. The fraction of sp³-hybridized carbons (Fsp3) is 0.400. The molecule has 1 unspecified atom stereocenters. The van der Waals surface area contributed by atoms with Crippen molar-refractivity contribution in [1.82, 2.24) is 4.90 Å². The summed E-state index contributed by atoms with van der Waals surface area (Å²) < 4.78 is 0. The number of aliphatic carboxylic acids is 1. The van der Waals surface area contributed by atoms with E-state index in [1.807, 2.05) is 18.2 Å². The number of nitrogens with zero attached hydrogens (tertiary/aromatic N) is 1. The molecule has 154 valence electrons. The third-order valence-corrected chi connectivity index (χ3v) is 5.20. The van der Waals surface area contributed by atoms with Crippen LogP contribution < -0.4 is 0 Å². The quantitative estimate of drug-likeness (QED) is 0.439. The molecule has 0 aliphatic carbocycles. The summed E-state index contributed by atoms with van der Waals surface area (Å²) in [5.41, 5.74) is 0.619. The van der Waals surface area contributed by atoms with E-state index in [0.29, 0.717) is 35.0 Å². The predicted octanol–water partition coefficient (Wildman–Crippen LogP) is 1.43. The minimum absolute atomic E-state index is 0.0653.